The zero-order chi connectivity index (χ0) is 13.0. The van der Waals surface area contributed by atoms with Crippen LogP contribution < -0.4 is 11.1 Å². The monoisotopic (exact) mass is 314 g/mol. The molecular weight excluding hydrogens is 300 g/mol. The molecule has 0 fully saturated rings. The summed E-state index contributed by atoms with van der Waals surface area (Å²) < 4.78 is 0.982. The van der Waals surface area contributed by atoms with Gasteiger partial charge in [0.05, 0.1) is 11.0 Å². The van der Waals surface area contributed by atoms with E-state index in [1.54, 1.807) is 6.07 Å². The van der Waals surface area contributed by atoms with Crippen molar-refractivity contribution in [2.24, 2.45) is 5.73 Å². The van der Waals surface area contributed by atoms with Crippen molar-refractivity contribution >= 4 is 39.0 Å². The number of nitrogens with two attached hydrogens (primary N) is 1. The van der Waals surface area contributed by atoms with Gasteiger partial charge in [-0.15, -0.1) is 0 Å². The van der Waals surface area contributed by atoms with E-state index in [0.717, 1.165) is 10.0 Å². The highest BCUT2D eigenvalue weighted by atomic mass is 79.9. The van der Waals surface area contributed by atoms with Crippen LogP contribution in [0.15, 0.2) is 22.7 Å². The van der Waals surface area contributed by atoms with E-state index in [2.05, 4.69) is 21.2 Å². The number of halogens is 1. The second kappa shape index (κ2) is 6.12. The lowest BCUT2D eigenvalue weighted by Gasteiger charge is -2.15. The van der Waals surface area contributed by atoms with Crippen molar-refractivity contribution in [1.29, 1.82) is 0 Å². The standard InChI is InChI=1S/C12H15BrN2OS/c1-3-10(11(14)17)15-12(16)8-4-5-9(13)7(2)6-8/h4-6,10H,3H2,1-2H3,(H2,14,17)(H,15,16). The van der Waals surface area contributed by atoms with E-state index in [9.17, 15) is 4.79 Å². The Morgan fingerprint density at radius 3 is 2.71 bits per heavy atom. The average molecular weight is 315 g/mol. The number of amides is 1. The molecule has 0 aromatic heterocycles. The van der Waals surface area contributed by atoms with Crippen LogP contribution in [0.3, 0.4) is 0 Å². The number of carbonyl (C=O) groups is 1. The van der Waals surface area contributed by atoms with E-state index < -0.39 is 0 Å². The third-order valence-corrected chi connectivity index (χ3v) is 3.65. The first kappa shape index (κ1) is 14.1. The molecule has 1 unspecified atom stereocenters. The van der Waals surface area contributed by atoms with Gasteiger partial charge in [-0.3, -0.25) is 4.79 Å². The van der Waals surface area contributed by atoms with E-state index in [1.165, 1.54) is 0 Å². The van der Waals surface area contributed by atoms with E-state index >= 15 is 0 Å². The molecule has 0 aliphatic rings. The summed E-state index contributed by atoms with van der Waals surface area (Å²) in [7, 11) is 0. The van der Waals surface area contributed by atoms with Crippen LogP contribution in [0, 0.1) is 6.92 Å². The predicted molar refractivity (Wildman–Crippen MR) is 77.2 cm³/mol. The molecule has 0 aliphatic heterocycles. The SMILES string of the molecule is CCC(NC(=O)c1ccc(Br)c(C)c1)C(N)=S. The van der Waals surface area contributed by atoms with Crippen molar-refractivity contribution in [2.75, 3.05) is 0 Å². The number of aryl methyl sites for hydroxylation is 1. The first-order chi connectivity index (χ1) is 7.95. The maximum Gasteiger partial charge on any atom is 0.251 e. The van der Waals surface area contributed by atoms with Crippen molar-refractivity contribution in [3.8, 4) is 0 Å². The van der Waals surface area contributed by atoms with Gasteiger partial charge in [0.1, 0.15) is 0 Å². The topological polar surface area (TPSA) is 55.1 Å². The summed E-state index contributed by atoms with van der Waals surface area (Å²) in [5, 5.41) is 2.81. The quantitative estimate of drug-likeness (QED) is 0.840. The summed E-state index contributed by atoms with van der Waals surface area (Å²) in [4.78, 5) is 12.3. The minimum atomic E-state index is -0.249. The number of benzene rings is 1. The minimum Gasteiger partial charge on any atom is -0.392 e. The summed E-state index contributed by atoms with van der Waals surface area (Å²) in [6.07, 6.45) is 0.691. The highest BCUT2D eigenvalue weighted by Crippen LogP contribution is 2.17. The maximum atomic E-state index is 11.9. The van der Waals surface area contributed by atoms with E-state index in [4.69, 9.17) is 18.0 Å². The molecule has 0 heterocycles. The molecule has 17 heavy (non-hydrogen) atoms. The molecule has 5 heteroatoms. The lowest BCUT2D eigenvalue weighted by molar-refractivity contribution is 0.0946. The zero-order valence-corrected chi connectivity index (χ0v) is 12.2. The lowest BCUT2D eigenvalue weighted by Crippen LogP contribution is -2.43. The molecule has 1 aromatic carbocycles. The van der Waals surface area contributed by atoms with Crippen LogP contribution >= 0.6 is 28.1 Å². The van der Waals surface area contributed by atoms with Gasteiger partial charge in [0.2, 0.25) is 0 Å². The summed E-state index contributed by atoms with van der Waals surface area (Å²) in [6.45, 7) is 3.86. The third kappa shape index (κ3) is 3.78. The van der Waals surface area contributed by atoms with Gasteiger partial charge in [-0.05, 0) is 37.1 Å². The van der Waals surface area contributed by atoms with Gasteiger partial charge in [-0.1, -0.05) is 35.1 Å². The normalized spacial score (nSPS) is 11.9. The zero-order valence-electron chi connectivity index (χ0n) is 9.79. The van der Waals surface area contributed by atoms with Crippen LogP contribution in [0.4, 0.5) is 0 Å². The Balaban J connectivity index is 2.82. The maximum absolute atomic E-state index is 11.9. The Hall–Kier alpha value is -0.940. The largest absolute Gasteiger partial charge is 0.392 e. The van der Waals surface area contributed by atoms with Crippen LogP contribution in [0.1, 0.15) is 29.3 Å². The number of rotatable bonds is 4. The summed E-state index contributed by atoms with van der Waals surface area (Å²) in [5.41, 5.74) is 7.16. The van der Waals surface area contributed by atoms with Crippen molar-refractivity contribution in [3.63, 3.8) is 0 Å². The van der Waals surface area contributed by atoms with Gasteiger partial charge in [0, 0.05) is 10.0 Å². The highest BCUT2D eigenvalue weighted by Gasteiger charge is 2.14. The van der Waals surface area contributed by atoms with Gasteiger partial charge >= 0.3 is 0 Å². The fourth-order valence-electron chi connectivity index (χ4n) is 1.40. The molecule has 1 amide bonds. The average Bonchev–Trinajstić information content (AvgIpc) is 2.28. The summed E-state index contributed by atoms with van der Waals surface area (Å²) in [6, 6.07) is 5.19. The fraction of sp³-hybridized carbons (Fsp3) is 0.333. The van der Waals surface area contributed by atoms with Crippen LogP contribution in [0.2, 0.25) is 0 Å². The molecule has 3 N–H and O–H groups in total. The molecule has 1 aromatic rings. The van der Waals surface area contributed by atoms with Gasteiger partial charge in [-0.2, -0.15) is 0 Å². The number of hydrogen-bond donors (Lipinski definition) is 2. The van der Waals surface area contributed by atoms with Crippen LogP contribution in [0.25, 0.3) is 0 Å². The molecule has 0 radical (unpaired) electrons. The Morgan fingerprint density at radius 1 is 1.59 bits per heavy atom. The van der Waals surface area contributed by atoms with Crippen LogP contribution in [0.5, 0.6) is 0 Å². The van der Waals surface area contributed by atoms with Gasteiger partial charge in [-0.25, -0.2) is 0 Å². The lowest BCUT2D eigenvalue weighted by atomic mass is 10.1. The fourth-order valence-corrected chi connectivity index (χ4v) is 1.87. The molecule has 1 atom stereocenters. The van der Waals surface area contributed by atoms with Gasteiger partial charge in [0.25, 0.3) is 5.91 Å². The summed E-state index contributed by atoms with van der Waals surface area (Å²) >= 11 is 8.28. The molecule has 92 valence electrons. The molecule has 0 saturated heterocycles. The molecule has 0 saturated carbocycles. The minimum absolute atomic E-state index is 0.153. The molecular formula is C12H15BrN2OS. The second-order valence-corrected chi connectivity index (χ2v) is 5.13. The van der Waals surface area contributed by atoms with Gasteiger partial charge < -0.3 is 11.1 Å². The van der Waals surface area contributed by atoms with Crippen molar-refractivity contribution in [2.45, 2.75) is 26.3 Å². The molecule has 3 nitrogen and oxygen atoms in total. The Bertz CT molecular complexity index is 448. The van der Waals surface area contributed by atoms with Crippen molar-refractivity contribution < 1.29 is 4.79 Å². The Morgan fingerprint density at radius 2 is 2.24 bits per heavy atom. The second-order valence-electron chi connectivity index (χ2n) is 3.80. The number of carbonyl (C=O) groups excluding carboxylic acids is 1. The van der Waals surface area contributed by atoms with Crippen molar-refractivity contribution in [1.82, 2.24) is 5.32 Å². The van der Waals surface area contributed by atoms with E-state index in [0.29, 0.717) is 17.0 Å². The number of hydrogen-bond acceptors (Lipinski definition) is 2. The highest BCUT2D eigenvalue weighted by molar-refractivity contribution is 9.10. The first-order valence-electron chi connectivity index (χ1n) is 5.32. The number of thiocarbonyl (C=S) groups is 1. The Labute approximate surface area is 115 Å². The third-order valence-electron chi connectivity index (χ3n) is 2.48. The number of nitrogens with one attached hydrogen (secondary N) is 1. The molecule has 0 spiro atoms. The van der Waals surface area contributed by atoms with E-state index in [-0.39, 0.29) is 11.9 Å². The van der Waals surface area contributed by atoms with Crippen molar-refractivity contribution in [3.05, 3.63) is 33.8 Å². The predicted octanol–water partition coefficient (Wildman–Crippen LogP) is 2.55. The van der Waals surface area contributed by atoms with Gasteiger partial charge in [0.15, 0.2) is 0 Å². The molecule has 0 aliphatic carbocycles. The first-order valence-corrected chi connectivity index (χ1v) is 6.52. The smallest absolute Gasteiger partial charge is 0.251 e. The molecule has 1 rings (SSSR count). The van der Waals surface area contributed by atoms with Crippen LogP contribution in [-0.4, -0.2) is 16.9 Å². The Kier molecular flexibility index (Phi) is 5.08. The van der Waals surface area contributed by atoms with E-state index in [1.807, 2.05) is 26.0 Å². The molecule has 0 bridgehead atoms. The van der Waals surface area contributed by atoms with Crippen LogP contribution in [-0.2, 0) is 0 Å². The summed E-state index contributed by atoms with van der Waals surface area (Å²) in [5.74, 6) is -0.153.